The van der Waals surface area contributed by atoms with Gasteiger partial charge in [-0.15, -0.1) is 10.2 Å². The lowest BCUT2D eigenvalue weighted by molar-refractivity contribution is 0.0495. The monoisotopic (exact) mass is 265 g/mol. The molecule has 2 unspecified atom stereocenters. The van der Waals surface area contributed by atoms with Crippen LogP contribution < -0.4 is 4.90 Å². The number of carbonyl (C=O) groups excluding carboxylic acids is 1. The topological polar surface area (TPSA) is 64.5 Å². The zero-order chi connectivity index (χ0) is 13.8. The smallest absolute Gasteiger partial charge is 0.358 e. The molecule has 2 heterocycles. The number of ether oxygens (including phenoxy) is 2. The molecule has 1 aliphatic heterocycles. The van der Waals surface area contributed by atoms with Crippen LogP contribution >= 0.6 is 0 Å². The molecule has 19 heavy (non-hydrogen) atoms. The van der Waals surface area contributed by atoms with Crippen molar-refractivity contribution in [2.75, 3.05) is 32.2 Å². The second kappa shape index (κ2) is 5.97. The first kappa shape index (κ1) is 13.7. The molecule has 0 bridgehead atoms. The van der Waals surface area contributed by atoms with Gasteiger partial charge >= 0.3 is 5.97 Å². The van der Waals surface area contributed by atoms with Crippen molar-refractivity contribution in [2.45, 2.75) is 19.4 Å². The number of piperidine rings is 1. The van der Waals surface area contributed by atoms with Crippen LogP contribution in [0.2, 0.25) is 0 Å². The zero-order valence-electron chi connectivity index (χ0n) is 11.5. The molecule has 0 saturated carbocycles. The molecule has 2 atom stereocenters. The molecule has 6 heteroatoms. The molecule has 0 N–H and O–H groups in total. The van der Waals surface area contributed by atoms with Gasteiger partial charge in [0.1, 0.15) is 0 Å². The van der Waals surface area contributed by atoms with Crippen molar-refractivity contribution in [2.24, 2.45) is 5.92 Å². The Morgan fingerprint density at radius 3 is 2.74 bits per heavy atom. The van der Waals surface area contributed by atoms with Gasteiger partial charge in [-0.05, 0) is 24.5 Å². The van der Waals surface area contributed by atoms with Crippen LogP contribution in [0, 0.1) is 5.92 Å². The predicted octanol–water partition coefficient (Wildman–Crippen LogP) is 1.12. The van der Waals surface area contributed by atoms with Crippen LogP contribution in [0.5, 0.6) is 0 Å². The first-order chi connectivity index (χ1) is 9.15. The Morgan fingerprint density at radius 1 is 1.37 bits per heavy atom. The minimum atomic E-state index is -0.471. The second-order valence-corrected chi connectivity index (χ2v) is 4.75. The van der Waals surface area contributed by atoms with E-state index in [1.165, 1.54) is 7.11 Å². The molecule has 1 aromatic heterocycles. The lowest BCUT2D eigenvalue weighted by Crippen LogP contribution is -2.44. The third-order valence-electron chi connectivity index (χ3n) is 3.56. The molecule has 1 aromatic rings. The van der Waals surface area contributed by atoms with Crippen LogP contribution in [0.25, 0.3) is 0 Å². The fourth-order valence-corrected chi connectivity index (χ4v) is 2.26. The maximum absolute atomic E-state index is 11.3. The van der Waals surface area contributed by atoms with E-state index in [1.807, 2.05) is 0 Å². The average molecular weight is 265 g/mol. The fraction of sp³-hybridized carbons (Fsp3) is 0.615. The number of nitrogens with zero attached hydrogens (tertiary/aromatic N) is 3. The van der Waals surface area contributed by atoms with Crippen LogP contribution in [-0.2, 0) is 9.47 Å². The first-order valence-electron chi connectivity index (χ1n) is 6.35. The quantitative estimate of drug-likeness (QED) is 0.763. The van der Waals surface area contributed by atoms with Crippen molar-refractivity contribution in [3.8, 4) is 0 Å². The Balaban J connectivity index is 2.08. The highest BCUT2D eigenvalue weighted by Crippen LogP contribution is 2.23. The number of esters is 1. The third kappa shape index (κ3) is 3.01. The van der Waals surface area contributed by atoms with E-state index in [-0.39, 0.29) is 11.8 Å². The second-order valence-electron chi connectivity index (χ2n) is 4.75. The standard InChI is InChI=1S/C13H19N3O3/c1-9-6-7-16(8-11(9)18-2)12-5-4-10(14-15-12)13(17)19-3/h4-5,9,11H,6-8H2,1-3H3. The van der Waals surface area contributed by atoms with E-state index >= 15 is 0 Å². The summed E-state index contributed by atoms with van der Waals surface area (Å²) in [5.41, 5.74) is 0.222. The van der Waals surface area contributed by atoms with Crippen molar-refractivity contribution in [3.63, 3.8) is 0 Å². The normalized spacial score (nSPS) is 23.2. The summed E-state index contributed by atoms with van der Waals surface area (Å²) in [6, 6.07) is 3.43. The van der Waals surface area contributed by atoms with Crippen LogP contribution in [0.4, 0.5) is 5.82 Å². The van der Waals surface area contributed by atoms with Gasteiger partial charge in [0.05, 0.1) is 13.2 Å². The maximum Gasteiger partial charge on any atom is 0.358 e. The van der Waals surface area contributed by atoms with Crippen molar-refractivity contribution < 1.29 is 14.3 Å². The van der Waals surface area contributed by atoms with E-state index < -0.39 is 5.97 Å². The Bertz CT molecular complexity index is 435. The highest BCUT2D eigenvalue weighted by Gasteiger charge is 2.27. The Morgan fingerprint density at radius 2 is 2.16 bits per heavy atom. The number of aromatic nitrogens is 2. The van der Waals surface area contributed by atoms with Gasteiger partial charge in [0.25, 0.3) is 0 Å². The third-order valence-corrected chi connectivity index (χ3v) is 3.56. The molecule has 1 aliphatic rings. The molecule has 0 amide bonds. The predicted molar refractivity (Wildman–Crippen MR) is 70.2 cm³/mol. The van der Waals surface area contributed by atoms with Gasteiger partial charge in [-0.3, -0.25) is 0 Å². The van der Waals surface area contributed by atoms with Gasteiger partial charge < -0.3 is 14.4 Å². The molecular formula is C13H19N3O3. The van der Waals surface area contributed by atoms with Gasteiger partial charge in [0.15, 0.2) is 11.5 Å². The molecule has 6 nitrogen and oxygen atoms in total. The van der Waals surface area contributed by atoms with Crippen molar-refractivity contribution >= 4 is 11.8 Å². The van der Waals surface area contributed by atoms with E-state index in [9.17, 15) is 4.79 Å². The maximum atomic E-state index is 11.3. The van der Waals surface area contributed by atoms with Crippen LogP contribution in [-0.4, -0.2) is 49.6 Å². The van der Waals surface area contributed by atoms with Gasteiger partial charge in [-0.25, -0.2) is 4.79 Å². The average Bonchev–Trinajstić information content (AvgIpc) is 2.47. The van der Waals surface area contributed by atoms with Crippen molar-refractivity contribution in [3.05, 3.63) is 17.8 Å². The van der Waals surface area contributed by atoms with Gasteiger partial charge in [-0.1, -0.05) is 6.92 Å². The van der Waals surface area contributed by atoms with Gasteiger partial charge in [0, 0.05) is 20.2 Å². The van der Waals surface area contributed by atoms with Crippen LogP contribution in [0.15, 0.2) is 12.1 Å². The minimum Gasteiger partial charge on any atom is -0.464 e. The molecule has 1 saturated heterocycles. The lowest BCUT2D eigenvalue weighted by Gasteiger charge is -2.36. The van der Waals surface area contributed by atoms with Crippen LogP contribution in [0.1, 0.15) is 23.8 Å². The summed E-state index contributed by atoms with van der Waals surface area (Å²) in [5.74, 6) is 0.839. The van der Waals surface area contributed by atoms with Crippen molar-refractivity contribution in [1.29, 1.82) is 0 Å². The fourth-order valence-electron chi connectivity index (χ4n) is 2.26. The Labute approximate surface area is 112 Å². The number of hydrogen-bond donors (Lipinski definition) is 0. The van der Waals surface area contributed by atoms with Gasteiger partial charge in [-0.2, -0.15) is 0 Å². The summed E-state index contributed by atoms with van der Waals surface area (Å²) in [4.78, 5) is 13.4. The number of carbonyl (C=O) groups is 1. The SMILES string of the molecule is COC(=O)c1ccc(N2CCC(C)C(OC)C2)nn1. The summed E-state index contributed by atoms with van der Waals surface area (Å²) in [5, 5.41) is 7.97. The molecule has 0 radical (unpaired) electrons. The summed E-state index contributed by atoms with van der Waals surface area (Å²) >= 11 is 0. The van der Waals surface area contributed by atoms with Crippen molar-refractivity contribution in [1.82, 2.24) is 10.2 Å². The van der Waals surface area contributed by atoms with E-state index in [4.69, 9.17) is 4.74 Å². The van der Waals surface area contributed by atoms with E-state index in [0.717, 1.165) is 25.3 Å². The van der Waals surface area contributed by atoms with Gasteiger partial charge in [0.2, 0.25) is 0 Å². The van der Waals surface area contributed by atoms with E-state index in [2.05, 4.69) is 26.8 Å². The zero-order valence-corrected chi connectivity index (χ0v) is 11.5. The number of methoxy groups -OCH3 is 2. The summed E-state index contributed by atoms with van der Waals surface area (Å²) < 4.78 is 10.1. The molecule has 0 aromatic carbocycles. The lowest BCUT2D eigenvalue weighted by atomic mass is 9.96. The summed E-state index contributed by atoms with van der Waals surface area (Å²) in [7, 11) is 3.06. The van der Waals surface area contributed by atoms with Crippen LogP contribution in [0.3, 0.4) is 0 Å². The molecular weight excluding hydrogens is 246 g/mol. The number of anilines is 1. The Kier molecular flexibility index (Phi) is 4.31. The van der Waals surface area contributed by atoms with E-state index in [1.54, 1.807) is 19.2 Å². The number of rotatable bonds is 3. The molecule has 0 spiro atoms. The summed E-state index contributed by atoms with van der Waals surface area (Å²) in [6.45, 7) is 3.91. The molecule has 0 aliphatic carbocycles. The molecule has 104 valence electrons. The summed E-state index contributed by atoms with van der Waals surface area (Å²) in [6.07, 6.45) is 1.26. The first-order valence-corrected chi connectivity index (χ1v) is 6.35. The molecule has 1 fully saturated rings. The molecule has 2 rings (SSSR count). The largest absolute Gasteiger partial charge is 0.464 e. The Hall–Kier alpha value is -1.69. The van der Waals surface area contributed by atoms with E-state index in [0.29, 0.717) is 5.92 Å². The highest BCUT2D eigenvalue weighted by atomic mass is 16.5. The number of hydrogen-bond acceptors (Lipinski definition) is 6. The highest BCUT2D eigenvalue weighted by molar-refractivity contribution is 5.86. The minimum absolute atomic E-state index is 0.204.